The molecule has 0 aliphatic carbocycles. The van der Waals surface area contributed by atoms with E-state index in [0.29, 0.717) is 12.7 Å². The number of benzene rings is 1. The average molecular weight is 350 g/mol. The van der Waals surface area contributed by atoms with Crippen LogP contribution < -0.4 is 4.74 Å². The maximum atomic E-state index is 5.67. The maximum Gasteiger partial charge on any atom is 0.134 e. The largest absolute Gasteiger partial charge is 0.490 e. The van der Waals surface area contributed by atoms with E-state index in [1.54, 1.807) is 0 Å². The van der Waals surface area contributed by atoms with Gasteiger partial charge < -0.3 is 9.47 Å². The summed E-state index contributed by atoms with van der Waals surface area (Å²) < 4.78 is 12.9. The normalized spacial score (nSPS) is 18.6. The number of hydrogen-bond acceptors (Lipinski definition) is 2. The molecular formula is C12H14Br2O2. The van der Waals surface area contributed by atoms with E-state index in [1.807, 2.05) is 6.07 Å². The second-order valence-electron chi connectivity index (χ2n) is 3.87. The molecule has 1 unspecified atom stereocenters. The molecule has 1 atom stereocenters. The Morgan fingerprint density at radius 1 is 1.38 bits per heavy atom. The highest BCUT2D eigenvalue weighted by Gasteiger charge is 2.23. The zero-order chi connectivity index (χ0) is 11.5. The Morgan fingerprint density at radius 2 is 2.12 bits per heavy atom. The van der Waals surface area contributed by atoms with Crippen LogP contribution >= 0.6 is 31.9 Å². The van der Waals surface area contributed by atoms with Crippen LogP contribution in [0.4, 0.5) is 0 Å². The molecule has 2 rings (SSSR count). The molecule has 4 heteroatoms. The topological polar surface area (TPSA) is 21.8 Å². The van der Waals surface area contributed by atoms with Crippen molar-refractivity contribution >= 4 is 31.9 Å². The first-order valence-electron chi connectivity index (χ1n) is 5.43. The quantitative estimate of drug-likeness (QED) is 0.751. The summed E-state index contributed by atoms with van der Waals surface area (Å²) in [5, 5.41) is 0. The summed E-state index contributed by atoms with van der Waals surface area (Å²) in [6, 6.07) is 4.13. The van der Waals surface area contributed by atoms with E-state index in [1.165, 1.54) is 5.56 Å². The first-order valence-corrected chi connectivity index (χ1v) is 7.02. The second kappa shape index (κ2) is 5.52. The summed E-state index contributed by atoms with van der Waals surface area (Å²) in [5.74, 6) is 0.877. The van der Waals surface area contributed by atoms with Gasteiger partial charge in [-0.3, -0.25) is 0 Å². The van der Waals surface area contributed by atoms with Gasteiger partial charge in [-0.05, 0) is 49.9 Å². The summed E-state index contributed by atoms with van der Waals surface area (Å²) in [7, 11) is 0. The third kappa shape index (κ3) is 2.99. The molecule has 0 radical (unpaired) electrons. The van der Waals surface area contributed by atoms with Gasteiger partial charge in [-0.25, -0.2) is 0 Å². The van der Waals surface area contributed by atoms with Gasteiger partial charge in [0.1, 0.15) is 18.5 Å². The molecule has 1 fully saturated rings. The molecule has 2 nitrogen and oxygen atoms in total. The molecule has 88 valence electrons. The zero-order valence-corrected chi connectivity index (χ0v) is 12.3. The molecule has 0 amide bonds. The van der Waals surface area contributed by atoms with Gasteiger partial charge in [0.25, 0.3) is 0 Å². The molecule has 16 heavy (non-hydrogen) atoms. The van der Waals surface area contributed by atoms with Crippen LogP contribution in [0.15, 0.2) is 21.1 Å². The Kier molecular flexibility index (Phi) is 4.27. The van der Waals surface area contributed by atoms with Crippen molar-refractivity contribution in [3.63, 3.8) is 0 Å². The fraction of sp³-hybridized carbons (Fsp3) is 0.500. The fourth-order valence-electron chi connectivity index (χ4n) is 1.49. The van der Waals surface area contributed by atoms with Crippen molar-refractivity contribution in [2.24, 2.45) is 0 Å². The predicted octanol–water partition coefficient (Wildman–Crippen LogP) is 3.94. The molecule has 1 heterocycles. The Hall–Kier alpha value is -0.0600. The van der Waals surface area contributed by atoms with Crippen molar-refractivity contribution < 1.29 is 9.47 Å². The number of aryl methyl sites for hydroxylation is 1. The van der Waals surface area contributed by atoms with E-state index in [9.17, 15) is 0 Å². The maximum absolute atomic E-state index is 5.67. The average Bonchev–Trinajstić information content (AvgIpc) is 3.08. The lowest BCUT2D eigenvalue weighted by Gasteiger charge is -2.11. The lowest BCUT2D eigenvalue weighted by molar-refractivity contribution is 0.261. The molecule has 0 saturated carbocycles. The van der Waals surface area contributed by atoms with Crippen LogP contribution in [0.5, 0.6) is 5.75 Å². The smallest absolute Gasteiger partial charge is 0.134 e. The minimum Gasteiger partial charge on any atom is -0.490 e. The van der Waals surface area contributed by atoms with Crippen LogP contribution in [-0.4, -0.2) is 19.3 Å². The standard InChI is InChI=1S/C12H14Br2O2/c1-2-3-8-4-5-10(12(14)11(8)13)16-7-9-6-15-9/h4-5,9H,2-3,6-7H2,1H3. The molecule has 0 bridgehead atoms. The van der Waals surface area contributed by atoms with Crippen molar-refractivity contribution in [2.75, 3.05) is 13.2 Å². The highest BCUT2D eigenvalue weighted by atomic mass is 79.9. The van der Waals surface area contributed by atoms with Gasteiger partial charge in [-0.1, -0.05) is 19.4 Å². The van der Waals surface area contributed by atoms with E-state index in [-0.39, 0.29) is 0 Å². The third-order valence-corrected chi connectivity index (χ3v) is 4.70. The van der Waals surface area contributed by atoms with Gasteiger partial charge >= 0.3 is 0 Å². The highest BCUT2D eigenvalue weighted by molar-refractivity contribution is 9.13. The van der Waals surface area contributed by atoms with Gasteiger partial charge in [-0.2, -0.15) is 0 Å². The van der Waals surface area contributed by atoms with Crippen LogP contribution in [0.25, 0.3) is 0 Å². The van der Waals surface area contributed by atoms with Crippen molar-refractivity contribution in [2.45, 2.75) is 25.9 Å². The first kappa shape index (κ1) is 12.4. The van der Waals surface area contributed by atoms with E-state index < -0.39 is 0 Å². The Labute approximate surface area is 113 Å². The molecule has 0 aromatic heterocycles. The molecule has 0 N–H and O–H groups in total. The lowest BCUT2D eigenvalue weighted by Crippen LogP contribution is -2.04. The Morgan fingerprint density at radius 3 is 2.75 bits per heavy atom. The van der Waals surface area contributed by atoms with Crippen molar-refractivity contribution in [1.29, 1.82) is 0 Å². The first-order chi connectivity index (χ1) is 7.72. The molecule has 1 aromatic carbocycles. The van der Waals surface area contributed by atoms with E-state index in [0.717, 1.165) is 34.1 Å². The minimum absolute atomic E-state index is 0.293. The van der Waals surface area contributed by atoms with Crippen molar-refractivity contribution in [3.8, 4) is 5.75 Å². The van der Waals surface area contributed by atoms with Crippen molar-refractivity contribution in [3.05, 3.63) is 26.6 Å². The number of ether oxygens (including phenoxy) is 2. The molecule has 1 aromatic rings. The van der Waals surface area contributed by atoms with Crippen LogP contribution in [0, 0.1) is 0 Å². The SMILES string of the molecule is CCCc1ccc(OCC2CO2)c(Br)c1Br. The van der Waals surface area contributed by atoms with E-state index >= 15 is 0 Å². The second-order valence-corrected chi connectivity index (χ2v) is 5.45. The molecule has 1 aliphatic heterocycles. The molecule has 1 aliphatic rings. The molecule has 1 saturated heterocycles. The summed E-state index contributed by atoms with van der Waals surface area (Å²) in [6.07, 6.45) is 2.51. The molecule has 0 spiro atoms. The van der Waals surface area contributed by atoms with Crippen LogP contribution in [0.3, 0.4) is 0 Å². The number of epoxide rings is 1. The van der Waals surface area contributed by atoms with Crippen LogP contribution in [0.1, 0.15) is 18.9 Å². The summed E-state index contributed by atoms with van der Waals surface area (Å²) in [4.78, 5) is 0. The van der Waals surface area contributed by atoms with Crippen molar-refractivity contribution in [1.82, 2.24) is 0 Å². The van der Waals surface area contributed by atoms with E-state index in [4.69, 9.17) is 9.47 Å². The van der Waals surface area contributed by atoms with Gasteiger partial charge in [0.15, 0.2) is 0 Å². The van der Waals surface area contributed by atoms with Gasteiger partial charge in [-0.15, -0.1) is 0 Å². The lowest BCUT2D eigenvalue weighted by atomic mass is 10.1. The summed E-state index contributed by atoms with van der Waals surface area (Å²) in [6.45, 7) is 3.64. The van der Waals surface area contributed by atoms with Crippen LogP contribution in [-0.2, 0) is 11.2 Å². The van der Waals surface area contributed by atoms with E-state index in [2.05, 4.69) is 44.8 Å². The Bertz CT molecular complexity index is 376. The monoisotopic (exact) mass is 348 g/mol. The summed E-state index contributed by atoms with van der Waals surface area (Å²) in [5.41, 5.74) is 1.31. The zero-order valence-electron chi connectivity index (χ0n) is 9.13. The fourth-order valence-corrected chi connectivity index (χ4v) is 2.52. The minimum atomic E-state index is 0.293. The summed E-state index contributed by atoms with van der Waals surface area (Å²) >= 11 is 7.16. The highest BCUT2D eigenvalue weighted by Crippen LogP contribution is 2.36. The van der Waals surface area contributed by atoms with Gasteiger partial charge in [0, 0.05) is 4.47 Å². The predicted molar refractivity (Wildman–Crippen MR) is 71.1 cm³/mol. The number of hydrogen-bond donors (Lipinski definition) is 0. The molecular weight excluding hydrogens is 336 g/mol. The van der Waals surface area contributed by atoms with Gasteiger partial charge in [0.2, 0.25) is 0 Å². The third-order valence-electron chi connectivity index (χ3n) is 2.47. The Balaban J connectivity index is 2.09. The van der Waals surface area contributed by atoms with Gasteiger partial charge in [0.05, 0.1) is 11.1 Å². The number of rotatable bonds is 5. The number of halogens is 2. The van der Waals surface area contributed by atoms with Crippen LogP contribution in [0.2, 0.25) is 0 Å².